The third-order valence-electron chi connectivity index (χ3n) is 2.63. The predicted octanol–water partition coefficient (Wildman–Crippen LogP) is 2.77. The van der Waals surface area contributed by atoms with E-state index in [2.05, 4.69) is 17.1 Å². The molecular formula is C13H20ClFN2. The highest BCUT2D eigenvalue weighted by Gasteiger charge is 2.08. The van der Waals surface area contributed by atoms with Crippen LogP contribution in [0, 0.1) is 11.7 Å². The summed E-state index contributed by atoms with van der Waals surface area (Å²) in [6.45, 7) is 4.91. The molecule has 1 aromatic rings. The highest BCUT2D eigenvalue weighted by molar-refractivity contribution is 6.31. The van der Waals surface area contributed by atoms with Gasteiger partial charge in [-0.15, -0.1) is 0 Å². The van der Waals surface area contributed by atoms with E-state index in [1.807, 2.05) is 14.1 Å². The van der Waals surface area contributed by atoms with Gasteiger partial charge >= 0.3 is 0 Å². The van der Waals surface area contributed by atoms with E-state index in [0.29, 0.717) is 10.9 Å². The molecule has 0 aliphatic heterocycles. The molecule has 4 heteroatoms. The van der Waals surface area contributed by atoms with Crippen LogP contribution in [0.15, 0.2) is 18.2 Å². The van der Waals surface area contributed by atoms with Gasteiger partial charge in [-0.2, -0.15) is 0 Å². The minimum absolute atomic E-state index is 0.287. The van der Waals surface area contributed by atoms with Crippen molar-refractivity contribution in [1.29, 1.82) is 0 Å². The Bertz CT molecular complexity index is 357. The van der Waals surface area contributed by atoms with Crippen molar-refractivity contribution >= 4 is 11.6 Å². The Kier molecular flexibility index (Phi) is 5.89. The first-order chi connectivity index (χ1) is 8.02. The molecule has 0 saturated heterocycles. The molecule has 17 heavy (non-hydrogen) atoms. The Morgan fingerprint density at radius 3 is 2.76 bits per heavy atom. The van der Waals surface area contributed by atoms with Crippen molar-refractivity contribution in [3.63, 3.8) is 0 Å². The van der Waals surface area contributed by atoms with Crippen molar-refractivity contribution in [2.75, 3.05) is 27.2 Å². The normalized spacial score (nSPS) is 13.1. The van der Waals surface area contributed by atoms with Crippen LogP contribution in [0.4, 0.5) is 4.39 Å². The summed E-state index contributed by atoms with van der Waals surface area (Å²) < 4.78 is 12.9. The monoisotopic (exact) mass is 258 g/mol. The maximum atomic E-state index is 12.9. The summed E-state index contributed by atoms with van der Waals surface area (Å²) in [5.41, 5.74) is 0.965. The first kappa shape index (κ1) is 14.4. The Hall–Kier alpha value is -0.640. The third kappa shape index (κ3) is 5.02. The number of nitrogens with one attached hydrogen (secondary N) is 1. The second kappa shape index (κ2) is 6.94. The zero-order chi connectivity index (χ0) is 12.8. The van der Waals surface area contributed by atoms with Gasteiger partial charge in [0.1, 0.15) is 5.82 Å². The molecule has 0 heterocycles. The van der Waals surface area contributed by atoms with Crippen molar-refractivity contribution in [2.45, 2.75) is 13.5 Å². The quantitative estimate of drug-likeness (QED) is 0.844. The maximum Gasteiger partial charge on any atom is 0.124 e. The molecule has 2 nitrogen and oxygen atoms in total. The highest BCUT2D eigenvalue weighted by Crippen LogP contribution is 2.18. The fraction of sp³-hybridized carbons (Fsp3) is 0.538. The fourth-order valence-electron chi connectivity index (χ4n) is 1.95. The number of nitrogens with zero attached hydrogens (tertiary/aromatic N) is 1. The van der Waals surface area contributed by atoms with Gasteiger partial charge in [0.2, 0.25) is 0 Å². The number of hydrogen-bond donors (Lipinski definition) is 1. The molecule has 0 aromatic heterocycles. The summed E-state index contributed by atoms with van der Waals surface area (Å²) in [6, 6.07) is 4.56. The summed E-state index contributed by atoms with van der Waals surface area (Å²) in [5, 5.41) is 3.65. The zero-order valence-electron chi connectivity index (χ0n) is 10.6. The van der Waals surface area contributed by atoms with E-state index in [1.54, 1.807) is 6.07 Å². The second-order valence-electron chi connectivity index (χ2n) is 4.60. The standard InChI is InChI=1S/C13H20ClFN2/c1-10(7-16-2)8-17(3)9-11-4-5-12(15)6-13(11)14/h4-6,10,16H,7-9H2,1-3H3. The molecule has 0 radical (unpaired) electrons. The number of rotatable bonds is 6. The molecule has 96 valence electrons. The summed E-state index contributed by atoms with van der Waals surface area (Å²) in [5.74, 6) is 0.286. The van der Waals surface area contributed by atoms with Crippen LogP contribution in [0.5, 0.6) is 0 Å². The zero-order valence-corrected chi connectivity index (χ0v) is 11.4. The molecule has 1 N–H and O–H groups in total. The van der Waals surface area contributed by atoms with Gasteiger partial charge in [-0.1, -0.05) is 24.6 Å². The van der Waals surface area contributed by atoms with Crippen molar-refractivity contribution in [2.24, 2.45) is 5.92 Å². The lowest BCUT2D eigenvalue weighted by atomic mass is 10.1. The maximum absolute atomic E-state index is 12.9. The molecule has 1 unspecified atom stereocenters. The van der Waals surface area contributed by atoms with E-state index >= 15 is 0 Å². The van der Waals surface area contributed by atoms with E-state index in [-0.39, 0.29) is 5.82 Å². The predicted molar refractivity (Wildman–Crippen MR) is 70.8 cm³/mol. The van der Waals surface area contributed by atoms with Gasteiger partial charge in [-0.05, 0) is 44.3 Å². The van der Waals surface area contributed by atoms with Crippen LogP contribution in [-0.4, -0.2) is 32.1 Å². The largest absolute Gasteiger partial charge is 0.319 e. The minimum Gasteiger partial charge on any atom is -0.319 e. The highest BCUT2D eigenvalue weighted by atomic mass is 35.5. The van der Waals surface area contributed by atoms with E-state index in [0.717, 1.165) is 25.2 Å². The van der Waals surface area contributed by atoms with E-state index in [1.165, 1.54) is 12.1 Å². The van der Waals surface area contributed by atoms with Crippen LogP contribution in [0.25, 0.3) is 0 Å². The molecule has 1 atom stereocenters. The average molecular weight is 259 g/mol. The van der Waals surface area contributed by atoms with Gasteiger partial charge < -0.3 is 10.2 Å². The lowest BCUT2D eigenvalue weighted by Gasteiger charge is -2.21. The Balaban J connectivity index is 2.52. The van der Waals surface area contributed by atoms with Crippen molar-refractivity contribution in [3.05, 3.63) is 34.6 Å². The first-order valence-electron chi connectivity index (χ1n) is 5.80. The number of benzene rings is 1. The van der Waals surface area contributed by atoms with Gasteiger partial charge in [0, 0.05) is 18.1 Å². The lowest BCUT2D eigenvalue weighted by molar-refractivity contribution is 0.276. The van der Waals surface area contributed by atoms with Crippen LogP contribution in [0.1, 0.15) is 12.5 Å². The van der Waals surface area contributed by atoms with E-state index in [4.69, 9.17) is 11.6 Å². The van der Waals surface area contributed by atoms with Crippen LogP contribution < -0.4 is 5.32 Å². The molecule has 0 aliphatic carbocycles. The first-order valence-corrected chi connectivity index (χ1v) is 6.17. The van der Waals surface area contributed by atoms with Crippen molar-refractivity contribution in [1.82, 2.24) is 10.2 Å². The van der Waals surface area contributed by atoms with Crippen LogP contribution in [0.3, 0.4) is 0 Å². The Morgan fingerprint density at radius 1 is 1.47 bits per heavy atom. The van der Waals surface area contributed by atoms with E-state index < -0.39 is 0 Å². The van der Waals surface area contributed by atoms with E-state index in [9.17, 15) is 4.39 Å². The second-order valence-corrected chi connectivity index (χ2v) is 5.00. The summed E-state index contributed by atoms with van der Waals surface area (Å²) in [6.07, 6.45) is 0. The lowest BCUT2D eigenvalue weighted by Crippen LogP contribution is -2.29. The van der Waals surface area contributed by atoms with Crippen molar-refractivity contribution in [3.8, 4) is 0 Å². The molecule has 0 fully saturated rings. The average Bonchev–Trinajstić information content (AvgIpc) is 2.22. The molecule has 0 aliphatic rings. The number of halogens is 2. The summed E-state index contributed by atoms with van der Waals surface area (Å²) >= 11 is 5.99. The molecule has 1 aromatic carbocycles. The number of hydrogen-bond acceptors (Lipinski definition) is 2. The smallest absolute Gasteiger partial charge is 0.124 e. The molecule has 0 saturated carbocycles. The topological polar surface area (TPSA) is 15.3 Å². The molecule has 0 amide bonds. The molecule has 1 rings (SSSR count). The Labute approximate surface area is 108 Å². The molecular weight excluding hydrogens is 239 g/mol. The van der Waals surface area contributed by atoms with Gasteiger partial charge in [0.25, 0.3) is 0 Å². The third-order valence-corrected chi connectivity index (χ3v) is 2.98. The molecule has 0 spiro atoms. The van der Waals surface area contributed by atoms with Crippen LogP contribution in [0.2, 0.25) is 5.02 Å². The fourth-order valence-corrected chi connectivity index (χ4v) is 2.18. The summed E-state index contributed by atoms with van der Waals surface area (Å²) in [7, 11) is 4.00. The van der Waals surface area contributed by atoms with Crippen LogP contribution in [-0.2, 0) is 6.54 Å². The minimum atomic E-state index is -0.287. The molecule has 0 bridgehead atoms. The Morgan fingerprint density at radius 2 is 2.18 bits per heavy atom. The van der Waals surface area contributed by atoms with Crippen LogP contribution >= 0.6 is 11.6 Å². The summed E-state index contributed by atoms with van der Waals surface area (Å²) in [4.78, 5) is 2.20. The van der Waals surface area contributed by atoms with Gasteiger partial charge in [-0.3, -0.25) is 0 Å². The van der Waals surface area contributed by atoms with Crippen molar-refractivity contribution < 1.29 is 4.39 Å². The van der Waals surface area contributed by atoms with Gasteiger partial charge in [0.05, 0.1) is 0 Å². The van der Waals surface area contributed by atoms with Gasteiger partial charge in [0.15, 0.2) is 0 Å². The van der Waals surface area contributed by atoms with Gasteiger partial charge in [-0.25, -0.2) is 4.39 Å². The SMILES string of the molecule is CNCC(C)CN(C)Cc1ccc(F)cc1Cl.